The van der Waals surface area contributed by atoms with Crippen molar-refractivity contribution in [2.24, 2.45) is 0 Å². The minimum atomic E-state index is -4.20. The monoisotopic (exact) mass is 217 g/mol. The summed E-state index contributed by atoms with van der Waals surface area (Å²) in [5, 5.41) is 0. The van der Waals surface area contributed by atoms with Crippen LogP contribution in [-0.2, 0) is 0 Å². The molecule has 0 atom stereocenters. The lowest BCUT2D eigenvalue weighted by atomic mass is 10.1. The van der Waals surface area contributed by atoms with Crippen LogP contribution in [0.5, 0.6) is 0 Å². The minimum Gasteiger partial charge on any atom is -0.378 e. The van der Waals surface area contributed by atoms with Crippen molar-refractivity contribution in [1.29, 1.82) is 0 Å². The molecule has 15 heavy (non-hydrogen) atoms. The van der Waals surface area contributed by atoms with E-state index in [2.05, 4.69) is 0 Å². The Balaban J connectivity index is 2.82. The highest BCUT2D eigenvalue weighted by Crippen LogP contribution is 2.29. The fraction of sp³-hybridized carbons (Fsp3) is 0.455. The Kier molecular flexibility index (Phi) is 3.61. The van der Waals surface area contributed by atoms with E-state index in [1.807, 2.05) is 19.0 Å². The van der Waals surface area contributed by atoms with E-state index < -0.39 is 11.7 Å². The molecule has 84 valence electrons. The molecule has 1 aliphatic carbocycles. The van der Waals surface area contributed by atoms with Crippen LogP contribution in [0.25, 0.3) is 0 Å². The molecular weight excluding hydrogens is 203 g/mol. The Hall–Kier alpha value is -1.19. The molecule has 0 bridgehead atoms. The lowest BCUT2D eigenvalue weighted by Gasteiger charge is -2.16. The van der Waals surface area contributed by atoms with Crippen LogP contribution in [0.1, 0.15) is 12.8 Å². The van der Waals surface area contributed by atoms with Crippen LogP contribution in [0.15, 0.2) is 35.6 Å². The van der Waals surface area contributed by atoms with Crippen LogP contribution in [0.4, 0.5) is 13.2 Å². The normalized spacial score (nSPS) is 24.6. The van der Waals surface area contributed by atoms with Gasteiger partial charge >= 0.3 is 6.18 Å². The van der Waals surface area contributed by atoms with Gasteiger partial charge in [-0.25, -0.2) is 0 Å². The summed E-state index contributed by atoms with van der Waals surface area (Å²) in [6.45, 7) is 0. The van der Waals surface area contributed by atoms with Crippen LogP contribution in [0, 0.1) is 0 Å². The summed E-state index contributed by atoms with van der Waals surface area (Å²) in [5.41, 5.74) is 0.472. The first kappa shape index (κ1) is 11.9. The number of nitrogens with zero attached hydrogens (tertiary/aromatic N) is 1. The van der Waals surface area contributed by atoms with Gasteiger partial charge in [0.1, 0.15) is 0 Å². The van der Waals surface area contributed by atoms with Crippen molar-refractivity contribution in [3.8, 4) is 0 Å². The fourth-order valence-corrected chi connectivity index (χ4v) is 1.34. The average Bonchev–Trinajstić information content (AvgIpc) is 1.99. The minimum absolute atomic E-state index is 0.0469. The van der Waals surface area contributed by atoms with Crippen LogP contribution in [-0.4, -0.2) is 25.2 Å². The molecule has 0 aromatic carbocycles. The Bertz CT molecular complexity index is 308. The molecule has 0 saturated carbocycles. The average molecular weight is 217 g/mol. The molecule has 1 rings (SSSR count). The second-order valence-corrected chi connectivity index (χ2v) is 3.59. The molecule has 0 amide bonds. The van der Waals surface area contributed by atoms with Crippen LogP contribution < -0.4 is 0 Å². The van der Waals surface area contributed by atoms with E-state index in [9.17, 15) is 13.2 Å². The topological polar surface area (TPSA) is 3.24 Å². The second kappa shape index (κ2) is 4.55. The van der Waals surface area contributed by atoms with Gasteiger partial charge in [0.25, 0.3) is 0 Å². The van der Waals surface area contributed by atoms with Gasteiger partial charge in [-0.2, -0.15) is 13.2 Å². The SMILES string of the molecule is CN(C)/C1=C/C/C=C(/C(F)(F)F)CC=C1. The molecule has 0 saturated heterocycles. The molecule has 1 nitrogen and oxygen atoms in total. The summed E-state index contributed by atoms with van der Waals surface area (Å²) in [6, 6.07) is 0. The summed E-state index contributed by atoms with van der Waals surface area (Å²) in [7, 11) is 3.73. The zero-order valence-corrected chi connectivity index (χ0v) is 8.80. The number of rotatable bonds is 1. The molecule has 0 radical (unpaired) electrons. The van der Waals surface area contributed by atoms with E-state index in [4.69, 9.17) is 0 Å². The lowest BCUT2D eigenvalue weighted by molar-refractivity contribution is -0.0931. The van der Waals surface area contributed by atoms with Crippen molar-refractivity contribution in [3.05, 3.63) is 35.6 Å². The zero-order chi connectivity index (χ0) is 11.5. The third-order valence-corrected chi connectivity index (χ3v) is 2.20. The van der Waals surface area contributed by atoms with E-state index in [-0.39, 0.29) is 6.42 Å². The van der Waals surface area contributed by atoms with Gasteiger partial charge in [-0.1, -0.05) is 18.2 Å². The van der Waals surface area contributed by atoms with Crippen molar-refractivity contribution < 1.29 is 13.2 Å². The maximum absolute atomic E-state index is 12.4. The molecule has 0 N–H and O–H groups in total. The zero-order valence-electron chi connectivity index (χ0n) is 8.80. The number of hydrogen-bond acceptors (Lipinski definition) is 1. The molecule has 0 aromatic heterocycles. The summed E-state index contributed by atoms with van der Waals surface area (Å²) in [5.74, 6) is 0. The maximum atomic E-state index is 12.4. The van der Waals surface area contributed by atoms with E-state index in [0.717, 1.165) is 5.70 Å². The highest BCUT2D eigenvalue weighted by Gasteiger charge is 2.32. The third kappa shape index (κ3) is 3.46. The molecule has 4 heteroatoms. The molecule has 0 heterocycles. The summed E-state index contributed by atoms with van der Waals surface area (Å²) < 4.78 is 37.1. The Morgan fingerprint density at radius 2 is 1.87 bits per heavy atom. The van der Waals surface area contributed by atoms with Gasteiger partial charge in [0.05, 0.1) is 0 Å². The smallest absolute Gasteiger partial charge is 0.378 e. The molecule has 0 unspecified atom stereocenters. The predicted molar refractivity (Wildman–Crippen MR) is 54.3 cm³/mol. The Morgan fingerprint density at radius 3 is 2.40 bits per heavy atom. The van der Waals surface area contributed by atoms with Gasteiger partial charge < -0.3 is 4.90 Å². The maximum Gasteiger partial charge on any atom is 0.412 e. The lowest BCUT2D eigenvalue weighted by Crippen LogP contribution is -2.13. The molecule has 0 aliphatic heterocycles. The Morgan fingerprint density at radius 1 is 1.20 bits per heavy atom. The number of halogens is 3. The number of allylic oxidation sites excluding steroid dienone is 5. The molecule has 0 aromatic rings. The van der Waals surface area contributed by atoms with Crippen LogP contribution >= 0.6 is 0 Å². The molecule has 0 fully saturated rings. The van der Waals surface area contributed by atoms with Gasteiger partial charge in [0.15, 0.2) is 0 Å². The van der Waals surface area contributed by atoms with Gasteiger partial charge in [-0.3, -0.25) is 0 Å². The van der Waals surface area contributed by atoms with E-state index >= 15 is 0 Å². The van der Waals surface area contributed by atoms with Gasteiger partial charge in [0.2, 0.25) is 0 Å². The molecule has 0 spiro atoms. The summed E-state index contributed by atoms with van der Waals surface area (Å²) in [6.07, 6.45) is 2.37. The van der Waals surface area contributed by atoms with Gasteiger partial charge in [-0.15, -0.1) is 0 Å². The van der Waals surface area contributed by atoms with E-state index in [0.29, 0.717) is 6.42 Å². The van der Waals surface area contributed by atoms with E-state index in [1.165, 1.54) is 6.08 Å². The Labute approximate surface area is 87.6 Å². The standard InChI is InChI=1S/C11H14F3N/c1-15(2)10-7-3-5-9(6-4-8-10)11(12,13)14/h3,6-8H,4-5H2,1-2H3/b7-3?,9-6+,10-8+. The second-order valence-electron chi connectivity index (χ2n) is 3.59. The van der Waals surface area contributed by atoms with Gasteiger partial charge in [-0.05, 0) is 18.9 Å². The molecule has 1 aliphatic rings. The van der Waals surface area contributed by atoms with Crippen molar-refractivity contribution >= 4 is 0 Å². The van der Waals surface area contributed by atoms with Gasteiger partial charge in [0, 0.05) is 25.4 Å². The fourth-order valence-electron chi connectivity index (χ4n) is 1.34. The van der Waals surface area contributed by atoms with Crippen LogP contribution in [0.3, 0.4) is 0 Å². The predicted octanol–water partition coefficient (Wildman–Crippen LogP) is 3.27. The van der Waals surface area contributed by atoms with Crippen LogP contribution in [0.2, 0.25) is 0 Å². The summed E-state index contributed by atoms with van der Waals surface area (Å²) in [4.78, 5) is 1.88. The first-order chi connectivity index (χ1) is 6.91. The first-order valence-corrected chi connectivity index (χ1v) is 4.71. The third-order valence-electron chi connectivity index (χ3n) is 2.20. The van der Waals surface area contributed by atoms with Crippen molar-refractivity contribution in [3.63, 3.8) is 0 Å². The quantitative estimate of drug-likeness (QED) is 0.609. The number of alkyl halides is 3. The van der Waals surface area contributed by atoms with Crippen molar-refractivity contribution in [2.45, 2.75) is 19.0 Å². The highest BCUT2D eigenvalue weighted by molar-refractivity contribution is 5.25. The van der Waals surface area contributed by atoms with Crippen molar-refractivity contribution in [2.75, 3.05) is 14.1 Å². The number of hydrogen-bond donors (Lipinski definition) is 0. The first-order valence-electron chi connectivity index (χ1n) is 4.71. The van der Waals surface area contributed by atoms with E-state index in [1.54, 1.807) is 18.2 Å². The number of likely N-dealkylation sites (N-methyl/N-ethyl adjacent to an activating group) is 1. The van der Waals surface area contributed by atoms with Crippen molar-refractivity contribution in [1.82, 2.24) is 4.90 Å². The molecular formula is C11H14F3N. The summed E-state index contributed by atoms with van der Waals surface area (Å²) >= 11 is 0. The largest absolute Gasteiger partial charge is 0.412 e. The highest BCUT2D eigenvalue weighted by atomic mass is 19.4.